The number of nitrogens with two attached hydrogens (primary N) is 1. The summed E-state index contributed by atoms with van der Waals surface area (Å²) in [5, 5.41) is 3.92. The van der Waals surface area contributed by atoms with Gasteiger partial charge < -0.3 is 15.0 Å². The highest BCUT2D eigenvalue weighted by atomic mass is 19.1. The van der Waals surface area contributed by atoms with Gasteiger partial charge in [-0.15, -0.1) is 0 Å². The second-order valence-electron chi connectivity index (χ2n) is 5.35. The van der Waals surface area contributed by atoms with Crippen LogP contribution >= 0.6 is 0 Å². The predicted molar refractivity (Wildman–Crippen MR) is 77.1 cm³/mol. The van der Waals surface area contributed by atoms with E-state index in [2.05, 4.69) is 10.1 Å². The fourth-order valence-electron chi connectivity index (χ4n) is 1.92. The van der Waals surface area contributed by atoms with Crippen molar-refractivity contribution in [3.63, 3.8) is 0 Å². The number of aryl methyl sites for hydroxylation is 1. The zero-order valence-corrected chi connectivity index (χ0v) is 12.5. The molecule has 0 aliphatic heterocycles. The van der Waals surface area contributed by atoms with Gasteiger partial charge in [0.2, 0.25) is 0 Å². The maximum atomic E-state index is 13.1. The highest BCUT2D eigenvalue weighted by Gasteiger charge is 2.28. The third kappa shape index (κ3) is 3.65. The Morgan fingerprint density at radius 1 is 1.43 bits per heavy atom. The Kier molecular flexibility index (Phi) is 4.69. The van der Waals surface area contributed by atoms with E-state index in [4.69, 9.17) is 15.0 Å². The molecule has 1 heterocycles. The Hall–Kier alpha value is -1.79. The van der Waals surface area contributed by atoms with E-state index in [1.54, 1.807) is 19.9 Å². The van der Waals surface area contributed by atoms with E-state index >= 15 is 0 Å². The second kappa shape index (κ2) is 6.32. The highest BCUT2D eigenvalue weighted by Crippen LogP contribution is 2.24. The first-order chi connectivity index (χ1) is 9.94. The molecule has 2 aromatic rings. The van der Waals surface area contributed by atoms with Crippen LogP contribution < -0.4 is 5.73 Å². The average Bonchev–Trinajstić information content (AvgIpc) is 2.89. The Balaban J connectivity index is 2.21. The van der Waals surface area contributed by atoms with Crippen LogP contribution in [0.2, 0.25) is 0 Å². The third-order valence-corrected chi connectivity index (χ3v) is 3.11. The van der Waals surface area contributed by atoms with Crippen LogP contribution in [0.1, 0.15) is 31.7 Å². The fourth-order valence-corrected chi connectivity index (χ4v) is 1.92. The summed E-state index contributed by atoms with van der Waals surface area (Å²) in [6.45, 7) is 6.54. The first kappa shape index (κ1) is 15.6. The maximum absolute atomic E-state index is 13.1. The SMILES string of the molecule is CCCOCC(C)(N)c1noc(-c2ccc(F)cc2C)n1. The molecular weight excluding hydrogens is 273 g/mol. The summed E-state index contributed by atoms with van der Waals surface area (Å²) in [5.74, 6) is 0.402. The summed E-state index contributed by atoms with van der Waals surface area (Å²) >= 11 is 0. The Morgan fingerprint density at radius 2 is 2.19 bits per heavy atom. The van der Waals surface area contributed by atoms with Gasteiger partial charge in [0.05, 0.1) is 6.61 Å². The molecular formula is C15H20FN3O2. The van der Waals surface area contributed by atoms with Gasteiger partial charge in [0.1, 0.15) is 11.4 Å². The normalized spacial score (nSPS) is 14.1. The van der Waals surface area contributed by atoms with Crippen molar-refractivity contribution in [3.8, 4) is 11.5 Å². The molecule has 0 fully saturated rings. The number of ether oxygens (including phenoxy) is 1. The van der Waals surface area contributed by atoms with Crippen molar-refractivity contribution < 1.29 is 13.7 Å². The molecule has 0 aliphatic rings. The van der Waals surface area contributed by atoms with Crippen molar-refractivity contribution in [2.45, 2.75) is 32.7 Å². The number of benzene rings is 1. The zero-order chi connectivity index (χ0) is 15.5. The summed E-state index contributed by atoms with van der Waals surface area (Å²) in [7, 11) is 0. The van der Waals surface area contributed by atoms with Crippen LogP contribution in [0.4, 0.5) is 4.39 Å². The van der Waals surface area contributed by atoms with Crippen molar-refractivity contribution in [1.82, 2.24) is 10.1 Å². The Labute approximate surface area is 123 Å². The van der Waals surface area contributed by atoms with Gasteiger partial charge in [-0.3, -0.25) is 0 Å². The first-order valence-corrected chi connectivity index (χ1v) is 6.91. The van der Waals surface area contributed by atoms with Gasteiger partial charge >= 0.3 is 0 Å². The third-order valence-electron chi connectivity index (χ3n) is 3.11. The van der Waals surface area contributed by atoms with Crippen LogP contribution in [-0.4, -0.2) is 23.4 Å². The quantitative estimate of drug-likeness (QED) is 0.829. The number of hydrogen-bond donors (Lipinski definition) is 1. The molecule has 0 spiro atoms. The van der Waals surface area contributed by atoms with Crippen molar-refractivity contribution >= 4 is 0 Å². The highest BCUT2D eigenvalue weighted by molar-refractivity contribution is 5.58. The van der Waals surface area contributed by atoms with Crippen molar-refractivity contribution in [3.05, 3.63) is 35.4 Å². The van der Waals surface area contributed by atoms with Gasteiger partial charge in [-0.05, 0) is 44.0 Å². The summed E-state index contributed by atoms with van der Waals surface area (Å²) < 4.78 is 23.8. The lowest BCUT2D eigenvalue weighted by Crippen LogP contribution is -2.39. The topological polar surface area (TPSA) is 74.2 Å². The lowest BCUT2D eigenvalue weighted by molar-refractivity contribution is 0.0867. The molecule has 6 heteroatoms. The molecule has 0 saturated carbocycles. The number of halogens is 1. The lowest BCUT2D eigenvalue weighted by atomic mass is 10.0. The van der Waals surface area contributed by atoms with Gasteiger partial charge in [0.25, 0.3) is 5.89 Å². The lowest BCUT2D eigenvalue weighted by Gasteiger charge is -2.19. The molecule has 0 saturated heterocycles. The maximum Gasteiger partial charge on any atom is 0.258 e. The van der Waals surface area contributed by atoms with E-state index in [0.717, 1.165) is 12.0 Å². The summed E-state index contributed by atoms with van der Waals surface area (Å²) in [5.41, 5.74) is 6.76. The molecule has 1 unspecified atom stereocenters. The molecule has 1 aromatic carbocycles. The number of aromatic nitrogens is 2. The molecule has 21 heavy (non-hydrogen) atoms. The van der Waals surface area contributed by atoms with E-state index < -0.39 is 5.54 Å². The smallest absolute Gasteiger partial charge is 0.258 e. The summed E-state index contributed by atoms with van der Waals surface area (Å²) in [4.78, 5) is 4.32. The minimum atomic E-state index is -0.829. The van der Waals surface area contributed by atoms with Crippen LogP contribution in [0.25, 0.3) is 11.5 Å². The first-order valence-electron chi connectivity index (χ1n) is 6.91. The van der Waals surface area contributed by atoms with Gasteiger partial charge in [-0.25, -0.2) is 4.39 Å². The van der Waals surface area contributed by atoms with Crippen molar-refractivity contribution in [2.75, 3.05) is 13.2 Å². The minimum Gasteiger partial charge on any atom is -0.379 e. The largest absolute Gasteiger partial charge is 0.379 e. The molecule has 114 valence electrons. The molecule has 2 rings (SSSR count). The molecule has 2 N–H and O–H groups in total. The average molecular weight is 293 g/mol. The van der Waals surface area contributed by atoms with Crippen molar-refractivity contribution in [1.29, 1.82) is 0 Å². The van der Waals surface area contributed by atoms with E-state index in [1.165, 1.54) is 12.1 Å². The molecule has 1 atom stereocenters. The number of hydrogen-bond acceptors (Lipinski definition) is 5. The predicted octanol–water partition coefficient (Wildman–Crippen LogP) is 2.78. The van der Waals surface area contributed by atoms with E-state index in [0.29, 0.717) is 30.5 Å². The Morgan fingerprint density at radius 3 is 2.86 bits per heavy atom. The van der Waals surface area contributed by atoms with Gasteiger partial charge in [-0.2, -0.15) is 4.98 Å². The van der Waals surface area contributed by atoms with Crippen LogP contribution in [-0.2, 0) is 10.3 Å². The number of nitrogens with zero attached hydrogens (tertiary/aromatic N) is 2. The van der Waals surface area contributed by atoms with E-state index in [9.17, 15) is 4.39 Å². The molecule has 0 aliphatic carbocycles. The molecule has 0 amide bonds. The van der Waals surface area contributed by atoms with Gasteiger partial charge in [-0.1, -0.05) is 12.1 Å². The minimum absolute atomic E-state index is 0.299. The van der Waals surface area contributed by atoms with Crippen molar-refractivity contribution in [2.24, 2.45) is 5.73 Å². The summed E-state index contributed by atoms with van der Waals surface area (Å²) in [6, 6.07) is 4.40. The standard InChI is InChI=1S/C15H20FN3O2/c1-4-7-20-9-15(3,17)14-18-13(21-19-14)12-6-5-11(16)8-10(12)2/h5-6,8H,4,7,9,17H2,1-3H3. The van der Waals surface area contributed by atoms with E-state index in [-0.39, 0.29) is 5.82 Å². The zero-order valence-electron chi connectivity index (χ0n) is 12.5. The van der Waals surface area contributed by atoms with Crippen LogP contribution in [0.5, 0.6) is 0 Å². The summed E-state index contributed by atoms with van der Waals surface area (Å²) in [6.07, 6.45) is 0.919. The fraction of sp³-hybridized carbons (Fsp3) is 0.467. The van der Waals surface area contributed by atoms with Crippen LogP contribution in [0.15, 0.2) is 22.7 Å². The molecule has 0 bridgehead atoms. The molecule has 0 radical (unpaired) electrons. The monoisotopic (exact) mass is 293 g/mol. The van der Waals surface area contributed by atoms with Gasteiger partial charge in [0.15, 0.2) is 5.82 Å². The molecule has 1 aromatic heterocycles. The second-order valence-corrected chi connectivity index (χ2v) is 5.35. The Bertz CT molecular complexity index is 611. The van der Waals surface area contributed by atoms with Crippen LogP contribution in [0, 0.1) is 12.7 Å². The van der Waals surface area contributed by atoms with Gasteiger partial charge in [0, 0.05) is 12.2 Å². The van der Waals surface area contributed by atoms with Crippen LogP contribution in [0.3, 0.4) is 0 Å². The molecule has 5 nitrogen and oxygen atoms in total. The van der Waals surface area contributed by atoms with E-state index in [1.807, 2.05) is 6.92 Å². The number of rotatable bonds is 6.